The van der Waals surface area contributed by atoms with Gasteiger partial charge in [0.15, 0.2) is 0 Å². The molecule has 6 heteroatoms. The van der Waals surface area contributed by atoms with Crippen molar-refractivity contribution >= 4 is 17.8 Å². The van der Waals surface area contributed by atoms with Gasteiger partial charge >= 0.3 is 5.97 Å². The summed E-state index contributed by atoms with van der Waals surface area (Å²) < 4.78 is 4.78. The number of methoxy groups -OCH3 is 1. The predicted octanol–water partition coefficient (Wildman–Crippen LogP) is 3.77. The molecule has 2 aromatic rings. The number of ether oxygens (including phenoxy) is 1. The monoisotopic (exact) mass is 396 g/mol. The highest BCUT2D eigenvalue weighted by molar-refractivity contribution is 6.00. The summed E-state index contributed by atoms with van der Waals surface area (Å²) in [4.78, 5) is 38.8. The minimum Gasteiger partial charge on any atom is -0.468 e. The van der Waals surface area contributed by atoms with Gasteiger partial charge in [0.25, 0.3) is 11.8 Å². The highest BCUT2D eigenvalue weighted by Crippen LogP contribution is 2.23. The lowest BCUT2D eigenvalue weighted by atomic mass is 10.0. The summed E-state index contributed by atoms with van der Waals surface area (Å²) in [5.74, 6) is -1.44. The number of hydrogen-bond donors (Lipinski definition) is 0. The number of hydrazine groups is 1. The molecule has 0 heterocycles. The number of carbonyl (C=O) groups excluding carboxylic acids is 3. The molecule has 0 aromatic heterocycles. The Balaban J connectivity index is 2.53. The van der Waals surface area contributed by atoms with E-state index in [0.717, 1.165) is 11.1 Å². The zero-order chi connectivity index (χ0) is 21.8. The summed E-state index contributed by atoms with van der Waals surface area (Å²) in [5, 5.41) is 2.50. The number of benzene rings is 2. The number of nitrogens with zero attached hydrogens (tertiary/aromatic N) is 2. The minimum absolute atomic E-state index is 0.373. The molecule has 0 unspecified atom stereocenters. The molecule has 2 aromatic carbocycles. The second kappa shape index (κ2) is 8.90. The quantitative estimate of drug-likeness (QED) is 0.583. The molecule has 29 heavy (non-hydrogen) atoms. The topological polar surface area (TPSA) is 66.9 Å². The molecule has 0 aliphatic carbocycles. The van der Waals surface area contributed by atoms with Gasteiger partial charge in [-0.2, -0.15) is 0 Å². The van der Waals surface area contributed by atoms with Crippen LogP contribution in [-0.4, -0.2) is 47.0 Å². The Morgan fingerprint density at radius 2 is 1.21 bits per heavy atom. The molecule has 0 fully saturated rings. The SMILES string of the molecule is COC(=O)CN(C(=O)c1ccc(C)cc1)N(C(=O)c1ccc(C)cc1)C(C)(C)C. The molecule has 0 radical (unpaired) electrons. The first-order chi connectivity index (χ1) is 13.5. The number of carbonyl (C=O) groups is 3. The third-order valence-electron chi connectivity index (χ3n) is 4.41. The summed E-state index contributed by atoms with van der Waals surface area (Å²) in [5.41, 5.74) is 2.06. The molecule has 0 aliphatic heterocycles. The third-order valence-corrected chi connectivity index (χ3v) is 4.41. The van der Waals surface area contributed by atoms with Crippen LogP contribution in [0.4, 0.5) is 0 Å². The van der Waals surface area contributed by atoms with Gasteiger partial charge in [-0.15, -0.1) is 0 Å². The molecule has 0 spiro atoms. The van der Waals surface area contributed by atoms with Crippen LogP contribution < -0.4 is 0 Å². The molecule has 154 valence electrons. The van der Waals surface area contributed by atoms with Crippen molar-refractivity contribution in [2.24, 2.45) is 0 Å². The molecule has 0 saturated carbocycles. The fourth-order valence-electron chi connectivity index (χ4n) is 2.86. The second-order valence-electron chi connectivity index (χ2n) is 7.96. The van der Waals surface area contributed by atoms with Crippen molar-refractivity contribution in [2.75, 3.05) is 13.7 Å². The summed E-state index contributed by atoms with van der Waals surface area (Å²) in [6.07, 6.45) is 0. The highest BCUT2D eigenvalue weighted by Gasteiger charge is 2.37. The summed E-state index contributed by atoms with van der Waals surface area (Å²) in [6.45, 7) is 8.91. The lowest BCUT2D eigenvalue weighted by Gasteiger charge is -2.43. The van der Waals surface area contributed by atoms with Crippen LogP contribution in [-0.2, 0) is 9.53 Å². The Morgan fingerprint density at radius 1 is 0.793 bits per heavy atom. The molecule has 2 amide bonds. The van der Waals surface area contributed by atoms with Crippen molar-refractivity contribution < 1.29 is 19.1 Å². The van der Waals surface area contributed by atoms with E-state index in [1.807, 2.05) is 58.9 Å². The Labute approximate surface area is 172 Å². The molecular formula is C23H28N2O4. The fourth-order valence-corrected chi connectivity index (χ4v) is 2.86. The van der Waals surface area contributed by atoms with Gasteiger partial charge in [-0.3, -0.25) is 14.4 Å². The van der Waals surface area contributed by atoms with Crippen molar-refractivity contribution in [3.63, 3.8) is 0 Å². The maximum Gasteiger partial charge on any atom is 0.327 e. The van der Waals surface area contributed by atoms with Gasteiger partial charge < -0.3 is 4.74 Å². The number of esters is 1. The van der Waals surface area contributed by atoms with Crippen LogP contribution in [0.15, 0.2) is 48.5 Å². The molecule has 0 bridgehead atoms. The molecule has 0 atom stereocenters. The number of rotatable bonds is 4. The average Bonchev–Trinajstić information content (AvgIpc) is 2.66. The van der Waals surface area contributed by atoms with Crippen molar-refractivity contribution in [3.8, 4) is 0 Å². The van der Waals surface area contributed by atoms with E-state index < -0.39 is 17.4 Å². The normalized spacial score (nSPS) is 11.0. The second-order valence-corrected chi connectivity index (χ2v) is 7.96. The molecule has 6 nitrogen and oxygen atoms in total. The van der Waals surface area contributed by atoms with E-state index in [-0.39, 0.29) is 12.5 Å². The van der Waals surface area contributed by atoms with Crippen molar-refractivity contribution in [2.45, 2.75) is 40.2 Å². The van der Waals surface area contributed by atoms with Crippen LogP contribution in [0.5, 0.6) is 0 Å². The van der Waals surface area contributed by atoms with Gasteiger partial charge in [-0.1, -0.05) is 35.4 Å². The van der Waals surface area contributed by atoms with E-state index in [1.54, 1.807) is 24.3 Å². The zero-order valence-corrected chi connectivity index (χ0v) is 17.9. The van der Waals surface area contributed by atoms with Gasteiger partial charge in [0.05, 0.1) is 12.6 Å². The first-order valence-corrected chi connectivity index (χ1v) is 9.41. The van der Waals surface area contributed by atoms with Crippen LogP contribution >= 0.6 is 0 Å². The largest absolute Gasteiger partial charge is 0.468 e. The lowest BCUT2D eigenvalue weighted by Crippen LogP contribution is -2.59. The van der Waals surface area contributed by atoms with Crippen LogP contribution in [0.3, 0.4) is 0 Å². The van der Waals surface area contributed by atoms with E-state index in [2.05, 4.69) is 0 Å². The minimum atomic E-state index is -0.768. The smallest absolute Gasteiger partial charge is 0.327 e. The number of hydrogen-bond acceptors (Lipinski definition) is 4. The van der Waals surface area contributed by atoms with E-state index in [0.29, 0.717) is 11.1 Å². The third kappa shape index (κ3) is 5.44. The lowest BCUT2D eigenvalue weighted by molar-refractivity contribution is -0.145. The van der Waals surface area contributed by atoms with Gasteiger partial charge in [-0.05, 0) is 58.9 Å². The molecule has 2 rings (SSSR count). The number of aryl methyl sites for hydroxylation is 2. The zero-order valence-electron chi connectivity index (χ0n) is 17.9. The van der Waals surface area contributed by atoms with E-state index >= 15 is 0 Å². The van der Waals surface area contributed by atoms with E-state index in [4.69, 9.17) is 4.74 Å². The average molecular weight is 396 g/mol. The maximum absolute atomic E-state index is 13.4. The first-order valence-electron chi connectivity index (χ1n) is 9.41. The van der Waals surface area contributed by atoms with Crippen molar-refractivity contribution in [1.82, 2.24) is 10.0 Å². The summed E-state index contributed by atoms with van der Waals surface area (Å²) in [6, 6.07) is 14.1. The first kappa shape index (κ1) is 22.1. The molecule has 0 N–H and O–H groups in total. The predicted molar refractivity (Wildman–Crippen MR) is 111 cm³/mol. The Morgan fingerprint density at radius 3 is 1.59 bits per heavy atom. The van der Waals surface area contributed by atoms with Gasteiger partial charge in [0.2, 0.25) is 0 Å². The van der Waals surface area contributed by atoms with Crippen LogP contribution in [0.2, 0.25) is 0 Å². The van der Waals surface area contributed by atoms with Crippen molar-refractivity contribution in [1.29, 1.82) is 0 Å². The Bertz CT molecular complexity index is 881. The molecule has 0 aliphatic rings. The molecule has 0 saturated heterocycles. The van der Waals surface area contributed by atoms with Crippen molar-refractivity contribution in [3.05, 3.63) is 70.8 Å². The maximum atomic E-state index is 13.4. The van der Waals surface area contributed by atoms with Gasteiger partial charge in [-0.25, -0.2) is 10.0 Å². The number of amides is 2. The van der Waals surface area contributed by atoms with Crippen LogP contribution in [0.25, 0.3) is 0 Å². The van der Waals surface area contributed by atoms with Crippen LogP contribution in [0, 0.1) is 13.8 Å². The van der Waals surface area contributed by atoms with Gasteiger partial charge in [0, 0.05) is 11.1 Å². The standard InChI is InChI=1S/C23H28N2O4/c1-16-7-11-18(12-8-16)21(27)24(15-20(26)29-6)25(23(3,4)5)22(28)19-13-9-17(2)10-14-19/h7-14H,15H2,1-6H3. The fraction of sp³-hybridized carbons (Fsp3) is 0.348. The summed E-state index contributed by atoms with van der Waals surface area (Å²) >= 11 is 0. The van der Waals surface area contributed by atoms with E-state index in [1.165, 1.54) is 17.1 Å². The van der Waals surface area contributed by atoms with Crippen LogP contribution in [0.1, 0.15) is 52.6 Å². The Kier molecular flexibility index (Phi) is 6.80. The highest BCUT2D eigenvalue weighted by atomic mass is 16.5. The van der Waals surface area contributed by atoms with Gasteiger partial charge in [0.1, 0.15) is 6.54 Å². The van der Waals surface area contributed by atoms with E-state index in [9.17, 15) is 14.4 Å². The molecular weight excluding hydrogens is 368 g/mol. The Hall–Kier alpha value is -3.15. The summed E-state index contributed by atoms with van der Waals surface area (Å²) in [7, 11) is 1.25.